The van der Waals surface area contributed by atoms with Crippen LogP contribution in [-0.2, 0) is 9.53 Å². The summed E-state index contributed by atoms with van der Waals surface area (Å²) in [6.45, 7) is 0.427. The van der Waals surface area contributed by atoms with E-state index in [1.807, 2.05) is 0 Å². The van der Waals surface area contributed by atoms with E-state index in [0.29, 0.717) is 34.8 Å². The molecule has 2 rings (SSSR count). The van der Waals surface area contributed by atoms with E-state index in [9.17, 15) is 18.3 Å². The fraction of sp³-hybridized carbons (Fsp3) is 0.267. The maximum Gasteiger partial charge on any atom is 0.275 e. The molecule has 1 amide bonds. The number of halogens is 1. The van der Waals surface area contributed by atoms with Crippen molar-refractivity contribution in [3.63, 3.8) is 0 Å². The van der Waals surface area contributed by atoms with E-state index in [2.05, 4.69) is 10.3 Å². The van der Waals surface area contributed by atoms with Crippen molar-refractivity contribution in [3.8, 4) is 0 Å². The molecule has 7 nitrogen and oxygen atoms in total. The first-order chi connectivity index (χ1) is 11.8. The Morgan fingerprint density at radius 3 is 2.64 bits per heavy atom. The molecule has 2 aromatic rings. The number of amides is 1. The highest BCUT2D eigenvalue weighted by molar-refractivity contribution is 8.24. The Balaban J connectivity index is 2.03. The summed E-state index contributed by atoms with van der Waals surface area (Å²) in [7, 11) is -1.40. The lowest BCUT2D eigenvalue weighted by Gasteiger charge is -2.32. The molecule has 0 radical (unpaired) electrons. The number of anilines is 1. The van der Waals surface area contributed by atoms with Crippen molar-refractivity contribution in [1.82, 2.24) is 4.98 Å². The summed E-state index contributed by atoms with van der Waals surface area (Å²) in [5.41, 5.74) is -0.0385. The molecule has 0 aliphatic heterocycles. The third-order valence-corrected chi connectivity index (χ3v) is 5.81. The Kier molecular flexibility index (Phi) is 6.62. The van der Waals surface area contributed by atoms with Gasteiger partial charge in [-0.15, -0.1) is 0 Å². The number of aromatic nitrogens is 1. The molecule has 1 heterocycles. The van der Waals surface area contributed by atoms with Gasteiger partial charge in [-0.2, -0.15) is 15.0 Å². The van der Waals surface area contributed by atoms with Crippen LogP contribution in [0.1, 0.15) is 12.0 Å². The zero-order valence-electron chi connectivity index (χ0n) is 13.4. The number of carbonyl (C=O) groups is 1. The normalized spacial score (nSPS) is 12.0. The number of ether oxygens (including phenoxy) is 1. The smallest absolute Gasteiger partial charge is 0.275 e. The molecule has 1 aromatic carbocycles. The Bertz CT molecular complexity index is 749. The molecule has 0 fully saturated rings. The van der Waals surface area contributed by atoms with Gasteiger partial charge in [-0.3, -0.25) is 24.6 Å². The maximum absolute atomic E-state index is 12.9. The number of methoxy groups -OCH3 is 1. The first-order valence-electron chi connectivity index (χ1n) is 7.20. The number of benzene rings is 1. The second kappa shape index (κ2) is 8.50. The predicted octanol–water partition coefficient (Wildman–Crippen LogP) is 3.43. The molecule has 136 valence electrons. The highest BCUT2D eigenvalue weighted by Crippen LogP contribution is 2.48. The molecular formula is C15H18FN3O4S2. The van der Waals surface area contributed by atoms with Crippen LogP contribution in [0.15, 0.2) is 35.4 Å². The van der Waals surface area contributed by atoms with Crippen molar-refractivity contribution in [1.29, 1.82) is 5.41 Å². The van der Waals surface area contributed by atoms with Crippen LogP contribution in [0.2, 0.25) is 0 Å². The average Bonchev–Trinajstić information content (AvgIpc) is 2.99. The summed E-state index contributed by atoms with van der Waals surface area (Å²) in [5, 5.41) is 9.76. The number of nitrogens with one attached hydrogen (secondary N) is 2. The molecule has 0 spiro atoms. The highest BCUT2D eigenvalue weighted by Gasteiger charge is 2.18. The lowest BCUT2D eigenvalue weighted by molar-refractivity contribution is -0.110. The molecular weight excluding hydrogens is 369 g/mol. The number of hydrogen-bond donors (Lipinski definition) is 4. The first kappa shape index (κ1) is 19.5. The molecule has 4 N–H and O–H groups in total. The van der Waals surface area contributed by atoms with E-state index >= 15 is 0 Å². The van der Waals surface area contributed by atoms with E-state index in [1.165, 1.54) is 31.4 Å². The Hall–Kier alpha value is -1.85. The van der Waals surface area contributed by atoms with Crippen LogP contribution in [0.5, 0.6) is 0 Å². The third-order valence-electron chi connectivity index (χ3n) is 3.22. The summed E-state index contributed by atoms with van der Waals surface area (Å²) >= 11 is 0.664. The predicted molar refractivity (Wildman–Crippen MR) is 96.4 cm³/mol. The van der Waals surface area contributed by atoms with E-state index in [1.54, 1.807) is 0 Å². The van der Waals surface area contributed by atoms with Crippen molar-refractivity contribution >= 4 is 38.7 Å². The molecule has 1 aromatic heterocycles. The quantitative estimate of drug-likeness (QED) is 0.409. The van der Waals surface area contributed by atoms with Crippen molar-refractivity contribution in [2.75, 3.05) is 24.8 Å². The fourth-order valence-corrected chi connectivity index (χ4v) is 3.83. The van der Waals surface area contributed by atoms with E-state index < -0.39 is 21.6 Å². The largest absolute Gasteiger partial charge is 0.385 e. The molecule has 0 unspecified atom stereocenters. The molecule has 0 aliphatic carbocycles. The third kappa shape index (κ3) is 5.31. The number of thiazole rings is 1. The van der Waals surface area contributed by atoms with E-state index in [0.717, 1.165) is 6.20 Å². The summed E-state index contributed by atoms with van der Waals surface area (Å²) in [6, 6.07) is 5.87. The maximum atomic E-state index is 12.9. The first-order valence-corrected chi connectivity index (χ1v) is 9.73. The van der Waals surface area contributed by atoms with Crippen LogP contribution in [0.4, 0.5) is 9.52 Å². The van der Waals surface area contributed by atoms with Gasteiger partial charge >= 0.3 is 0 Å². The van der Waals surface area contributed by atoms with Gasteiger partial charge in [0.25, 0.3) is 5.91 Å². The van der Waals surface area contributed by atoms with Crippen LogP contribution in [0.3, 0.4) is 0 Å². The number of rotatable bonds is 8. The van der Waals surface area contributed by atoms with Crippen LogP contribution >= 0.6 is 21.9 Å². The summed E-state index contributed by atoms with van der Waals surface area (Å²) in [5.74, 6) is -0.554. The van der Waals surface area contributed by atoms with Crippen LogP contribution < -0.4 is 5.32 Å². The van der Waals surface area contributed by atoms with Crippen LogP contribution in [0.25, 0.3) is 0 Å². The number of carbonyl (C=O) groups excluding carboxylic acids is 1. The molecule has 0 bridgehead atoms. The van der Waals surface area contributed by atoms with E-state index in [-0.39, 0.29) is 16.6 Å². The zero-order chi connectivity index (χ0) is 18.4. The van der Waals surface area contributed by atoms with E-state index in [4.69, 9.17) is 10.1 Å². The Morgan fingerprint density at radius 2 is 2.08 bits per heavy atom. The fourth-order valence-electron chi connectivity index (χ4n) is 1.96. The van der Waals surface area contributed by atoms with Crippen LogP contribution in [-0.4, -0.2) is 45.2 Å². The minimum atomic E-state index is -2.94. The molecule has 10 heteroatoms. The molecule has 25 heavy (non-hydrogen) atoms. The standard InChI is InChI=1S/C15H18FN3O4S2/c1-23-7-2-8-25(21,22)11-5-3-10(4-6-11)13(17)14(20)19-15-18-9-12(16)24-15/h3-6,9,17,21-22H,2,7-8H2,1H3,(H,18,19,20). The van der Waals surface area contributed by atoms with Crippen molar-refractivity contribution in [2.45, 2.75) is 11.3 Å². The topological polar surface area (TPSA) is 116 Å². The summed E-state index contributed by atoms with van der Waals surface area (Å²) in [4.78, 5) is 16.0. The minimum absolute atomic E-state index is 0.0659. The van der Waals surface area contributed by atoms with Crippen molar-refractivity contribution < 1.29 is 23.0 Å². The summed E-state index contributed by atoms with van der Waals surface area (Å²) < 4.78 is 38.1. The molecule has 0 aliphatic rings. The Morgan fingerprint density at radius 1 is 1.40 bits per heavy atom. The monoisotopic (exact) mass is 387 g/mol. The van der Waals surface area contributed by atoms with Crippen molar-refractivity contribution in [2.24, 2.45) is 0 Å². The molecule has 0 saturated carbocycles. The highest BCUT2D eigenvalue weighted by atomic mass is 32.3. The molecule has 0 atom stereocenters. The van der Waals surface area contributed by atoms with Gasteiger partial charge in [0.2, 0.25) is 0 Å². The Labute approximate surface area is 149 Å². The zero-order valence-corrected chi connectivity index (χ0v) is 15.0. The lowest BCUT2D eigenvalue weighted by Crippen LogP contribution is -2.22. The second-order valence-electron chi connectivity index (χ2n) is 5.04. The van der Waals surface area contributed by atoms with Gasteiger partial charge in [0.1, 0.15) is 5.71 Å². The van der Waals surface area contributed by atoms with Gasteiger partial charge < -0.3 is 4.74 Å². The minimum Gasteiger partial charge on any atom is -0.385 e. The lowest BCUT2D eigenvalue weighted by atomic mass is 10.1. The van der Waals surface area contributed by atoms with Gasteiger partial charge in [0, 0.05) is 25.0 Å². The molecule has 0 saturated heterocycles. The number of nitrogens with zero attached hydrogens (tertiary/aromatic N) is 1. The summed E-state index contributed by atoms with van der Waals surface area (Å²) in [6.07, 6.45) is 1.48. The SMILES string of the molecule is COCCCS(O)(O)c1ccc(C(=N)C(=O)Nc2ncc(F)s2)cc1. The number of hydrogen-bond acceptors (Lipinski definition) is 7. The van der Waals surface area contributed by atoms with Gasteiger partial charge in [0.05, 0.1) is 11.1 Å². The second-order valence-corrected chi connectivity index (χ2v) is 8.23. The average molecular weight is 387 g/mol. The van der Waals surface area contributed by atoms with Gasteiger partial charge in [-0.05, 0) is 18.6 Å². The van der Waals surface area contributed by atoms with Gasteiger partial charge in [0.15, 0.2) is 10.3 Å². The van der Waals surface area contributed by atoms with Gasteiger partial charge in [-0.25, -0.2) is 4.98 Å². The van der Waals surface area contributed by atoms with Gasteiger partial charge in [-0.1, -0.05) is 23.5 Å². The van der Waals surface area contributed by atoms with Crippen molar-refractivity contribution in [3.05, 3.63) is 41.2 Å². The van der Waals surface area contributed by atoms with Crippen LogP contribution in [0, 0.1) is 10.5 Å².